The molecular weight excluding hydrogens is 414 g/mol. The number of aromatic nitrogens is 1. The second-order valence-corrected chi connectivity index (χ2v) is 8.15. The van der Waals surface area contributed by atoms with Crippen LogP contribution >= 0.6 is 23.6 Å². The third-order valence-corrected chi connectivity index (χ3v) is 5.79. The van der Waals surface area contributed by atoms with Crippen LogP contribution in [0.1, 0.15) is 16.9 Å². The van der Waals surface area contributed by atoms with Gasteiger partial charge in [-0.1, -0.05) is 53.8 Å². The van der Waals surface area contributed by atoms with Crippen LogP contribution in [0.15, 0.2) is 65.1 Å². The number of furan rings is 1. The monoisotopic (exact) mass is 433 g/mol. The van der Waals surface area contributed by atoms with Gasteiger partial charge in [0.2, 0.25) is 5.91 Å². The van der Waals surface area contributed by atoms with Crippen LogP contribution in [0, 0.1) is 13.8 Å². The number of aryl methyl sites for hydroxylation is 2. The molecule has 0 aliphatic heterocycles. The molecule has 0 atom stereocenters. The summed E-state index contributed by atoms with van der Waals surface area (Å²) in [6, 6.07) is 17.6. The van der Waals surface area contributed by atoms with E-state index in [1.54, 1.807) is 6.08 Å². The summed E-state index contributed by atoms with van der Waals surface area (Å²) in [5.41, 5.74) is 4.19. The third-order valence-electron chi connectivity index (χ3n) is 4.48. The average Bonchev–Trinajstić information content (AvgIpc) is 3.38. The van der Waals surface area contributed by atoms with E-state index in [9.17, 15) is 4.79 Å². The highest BCUT2D eigenvalue weighted by Crippen LogP contribution is 2.30. The maximum atomic E-state index is 12.2. The van der Waals surface area contributed by atoms with Crippen LogP contribution < -0.4 is 10.6 Å². The Morgan fingerprint density at radius 1 is 1.07 bits per heavy atom. The van der Waals surface area contributed by atoms with Crippen molar-refractivity contribution in [2.24, 2.45) is 0 Å². The molecule has 4 rings (SSSR count). The van der Waals surface area contributed by atoms with Gasteiger partial charge in [-0.05, 0) is 55.4 Å². The molecule has 0 aliphatic rings. The van der Waals surface area contributed by atoms with Crippen molar-refractivity contribution in [3.8, 4) is 11.3 Å². The fourth-order valence-corrected chi connectivity index (χ4v) is 4.23. The van der Waals surface area contributed by atoms with Crippen LogP contribution in [0.4, 0.5) is 5.13 Å². The molecule has 0 saturated heterocycles. The van der Waals surface area contributed by atoms with E-state index in [-0.39, 0.29) is 11.0 Å². The summed E-state index contributed by atoms with van der Waals surface area (Å²) in [7, 11) is 0. The number of thiocarbonyl (C=S) groups is 1. The molecule has 2 N–H and O–H groups in total. The Bertz CT molecular complexity index is 1220. The Labute approximate surface area is 183 Å². The minimum absolute atomic E-state index is 0.198. The Kier molecular flexibility index (Phi) is 5.74. The number of carbonyl (C=O) groups excluding carboxylic acids is 1. The third kappa shape index (κ3) is 4.48. The first-order chi connectivity index (χ1) is 14.5. The standard InChI is InChI=1S/C23H19N3O2S2/c1-14-8-9-15(2)21-20(14)25-23(30-21)26-22(29)24-19(27)13-11-17-10-12-18(28-17)16-6-4-3-5-7-16/h3-13H,1-2H3,(H2,24,25,26,27,29)/b13-11+. The molecule has 2 aromatic carbocycles. The second kappa shape index (κ2) is 8.61. The number of thiazole rings is 1. The molecular formula is C23H19N3O2S2. The Balaban J connectivity index is 1.37. The quantitative estimate of drug-likeness (QED) is 0.319. The first kappa shape index (κ1) is 20.0. The molecule has 0 radical (unpaired) electrons. The first-order valence-electron chi connectivity index (χ1n) is 9.31. The van der Waals surface area contributed by atoms with Gasteiger partial charge >= 0.3 is 0 Å². The number of fused-ring (bicyclic) bond motifs is 1. The number of nitrogens with one attached hydrogen (secondary N) is 2. The van der Waals surface area contributed by atoms with E-state index in [0.717, 1.165) is 32.7 Å². The molecule has 0 spiro atoms. The van der Waals surface area contributed by atoms with Gasteiger partial charge in [-0.25, -0.2) is 4.98 Å². The lowest BCUT2D eigenvalue weighted by Crippen LogP contribution is -2.32. The van der Waals surface area contributed by atoms with E-state index in [1.807, 2.05) is 62.4 Å². The number of anilines is 1. The van der Waals surface area contributed by atoms with Gasteiger partial charge in [-0.15, -0.1) is 0 Å². The minimum Gasteiger partial charge on any atom is -0.457 e. The zero-order valence-corrected chi connectivity index (χ0v) is 18.1. The molecule has 0 saturated carbocycles. The predicted molar refractivity (Wildman–Crippen MR) is 127 cm³/mol. The molecule has 30 heavy (non-hydrogen) atoms. The van der Waals surface area contributed by atoms with Crippen LogP contribution in [0.5, 0.6) is 0 Å². The number of nitrogens with zero attached hydrogens (tertiary/aromatic N) is 1. The molecule has 150 valence electrons. The van der Waals surface area contributed by atoms with Gasteiger partial charge in [0.15, 0.2) is 10.2 Å². The van der Waals surface area contributed by atoms with Crippen molar-refractivity contribution in [2.75, 3.05) is 5.32 Å². The maximum absolute atomic E-state index is 12.2. The zero-order chi connectivity index (χ0) is 21.1. The molecule has 0 bridgehead atoms. The summed E-state index contributed by atoms with van der Waals surface area (Å²) in [4.78, 5) is 16.8. The van der Waals surface area contributed by atoms with Crippen molar-refractivity contribution >= 4 is 56.0 Å². The lowest BCUT2D eigenvalue weighted by atomic mass is 10.1. The van der Waals surface area contributed by atoms with Crippen LogP contribution in [-0.2, 0) is 4.79 Å². The zero-order valence-electron chi connectivity index (χ0n) is 16.4. The number of benzene rings is 2. The number of hydrogen-bond acceptors (Lipinski definition) is 5. The highest BCUT2D eigenvalue weighted by Gasteiger charge is 2.10. The van der Waals surface area contributed by atoms with Gasteiger partial charge in [0.25, 0.3) is 0 Å². The molecule has 2 aromatic heterocycles. The lowest BCUT2D eigenvalue weighted by molar-refractivity contribution is -0.115. The summed E-state index contributed by atoms with van der Waals surface area (Å²) in [6.45, 7) is 4.07. The largest absolute Gasteiger partial charge is 0.457 e. The van der Waals surface area contributed by atoms with Crippen molar-refractivity contribution < 1.29 is 9.21 Å². The first-order valence-corrected chi connectivity index (χ1v) is 10.5. The molecule has 0 aliphatic carbocycles. The smallest absolute Gasteiger partial charge is 0.250 e. The minimum atomic E-state index is -0.348. The predicted octanol–water partition coefficient (Wildman–Crippen LogP) is 5.70. The molecule has 1 amide bonds. The SMILES string of the molecule is Cc1ccc(C)c2sc(NC(=S)NC(=O)/C=C/c3ccc(-c4ccccc4)o3)nc12. The topological polar surface area (TPSA) is 67.2 Å². The summed E-state index contributed by atoms with van der Waals surface area (Å²) in [6.07, 6.45) is 2.99. The second-order valence-electron chi connectivity index (χ2n) is 6.74. The van der Waals surface area contributed by atoms with E-state index < -0.39 is 0 Å². The average molecular weight is 434 g/mol. The fourth-order valence-electron chi connectivity index (χ4n) is 2.95. The maximum Gasteiger partial charge on any atom is 0.250 e. The summed E-state index contributed by atoms with van der Waals surface area (Å²) < 4.78 is 6.86. The summed E-state index contributed by atoms with van der Waals surface area (Å²) in [5.74, 6) is 0.980. The van der Waals surface area contributed by atoms with Crippen LogP contribution in [0.3, 0.4) is 0 Å². The molecule has 4 aromatic rings. The van der Waals surface area contributed by atoms with E-state index in [4.69, 9.17) is 16.6 Å². The van der Waals surface area contributed by atoms with Crippen LogP contribution in [0.25, 0.3) is 27.6 Å². The number of rotatable bonds is 4. The number of carbonyl (C=O) groups is 1. The highest BCUT2D eigenvalue weighted by atomic mass is 32.1. The molecule has 0 unspecified atom stereocenters. The van der Waals surface area contributed by atoms with Crippen molar-refractivity contribution in [3.05, 3.63) is 77.6 Å². The molecule has 5 nitrogen and oxygen atoms in total. The van der Waals surface area contributed by atoms with Crippen molar-refractivity contribution in [2.45, 2.75) is 13.8 Å². The van der Waals surface area contributed by atoms with Crippen molar-refractivity contribution in [1.29, 1.82) is 0 Å². The Hall–Kier alpha value is -3.29. The molecule has 7 heteroatoms. The van der Waals surface area contributed by atoms with Crippen molar-refractivity contribution in [1.82, 2.24) is 10.3 Å². The van der Waals surface area contributed by atoms with E-state index in [2.05, 4.69) is 21.7 Å². The normalized spacial score (nSPS) is 11.1. The van der Waals surface area contributed by atoms with Gasteiger partial charge in [0, 0.05) is 11.6 Å². The lowest BCUT2D eigenvalue weighted by Gasteiger charge is -2.04. The van der Waals surface area contributed by atoms with E-state index >= 15 is 0 Å². The van der Waals surface area contributed by atoms with Crippen LogP contribution in [-0.4, -0.2) is 16.0 Å². The Morgan fingerprint density at radius 3 is 2.60 bits per heavy atom. The van der Waals surface area contributed by atoms with Crippen LogP contribution in [0.2, 0.25) is 0 Å². The molecule has 0 fully saturated rings. The fraction of sp³-hybridized carbons (Fsp3) is 0.0870. The van der Waals surface area contributed by atoms with E-state index in [1.165, 1.54) is 17.4 Å². The van der Waals surface area contributed by atoms with Gasteiger partial charge in [0.1, 0.15) is 11.5 Å². The Morgan fingerprint density at radius 2 is 1.83 bits per heavy atom. The van der Waals surface area contributed by atoms with Gasteiger partial charge in [-0.3, -0.25) is 10.1 Å². The van der Waals surface area contributed by atoms with E-state index in [0.29, 0.717) is 10.9 Å². The summed E-state index contributed by atoms with van der Waals surface area (Å²) in [5, 5.41) is 6.47. The highest BCUT2D eigenvalue weighted by molar-refractivity contribution is 7.80. The van der Waals surface area contributed by atoms with Crippen molar-refractivity contribution in [3.63, 3.8) is 0 Å². The van der Waals surface area contributed by atoms with Gasteiger partial charge in [0.05, 0.1) is 10.2 Å². The number of hydrogen-bond donors (Lipinski definition) is 2. The van der Waals surface area contributed by atoms with Gasteiger partial charge in [-0.2, -0.15) is 0 Å². The van der Waals surface area contributed by atoms with Gasteiger partial charge < -0.3 is 9.73 Å². The number of amides is 1. The summed E-state index contributed by atoms with van der Waals surface area (Å²) >= 11 is 6.76. The molecule has 2 heterocycles.